The van der Waals surface area contributed by atoms with Crippen LogP contribution in [0.1, 0.15) is 30.1 Å². The number of amides is 2. The number of nitrogens with zero attached hydrogens (tertiary/aromatic N) is 3. The summed E-state index contributed by atoms with van der Waals surface area (Å²) in [7, 11) is 1.59. The van der Waals surface area contributed by atoms with Gasteiger partial charge in [-0.3, -0.25) is 14.5 Å². The maximum atomic E-state index is 12.8. The Labute approximate surface area is 167 Å². The molecule has 0 bridgehead atoms. The van der Waals surface area contributed by atoms with E-state index in [0.29, 0.717) is 24.4 Å². The Morgan fingerprint density at radius 3 is 2.75 bits per heavy atom. The van der Waals surface area contributed by atoms with E-state index < -0.39 is 0 Å². The van der Waals surface area contributed by atoms with Crippen molar-refractivity contribution in [1.82, 2.24) is 14.7 Å². The van der Waals surface area contributed by atoms with Gasteiger partial charge in [0.25, 0.3) is 5.91 Å². The van der Waals surface area contributed by atoms with Crippen molar-refractivity contribution in [3.8, 4) is 5.75 Å². The van der Waals surface area contributed by atoms with Crippen LogP contribution in [0.15, 0.2) is 24.3 Å². The van der Waals surface area contributed by atoms with Crippen molar-refractivity contribution in [2.24, 2.45) is 0 Å². The first kappa shape index (κ1) is 20.6. The van der Waals surface area contributed by atoms with E-state index in [2.05, 4.69) is 4.90 Å². The maximum Gasteiger partial charge on any atom is 0.254 e. The highest BCUT2D eigenvalue weighted by Crippen LogP contribution is 2.21. The topological polar surface area (TPSA) is 62.3 Å². The molecule has 1 unspecified atom stereocenters. The van der Waals surface area contributed by atoms with Crippen LogP contribution in [0.2, 0.25) is 0 Å². The second-order valence-electron chi connectivity index (χ2n) is 7.45. The fourth-order valence-corrected chi connectivity index (χ4v) is 4.01. The molecule has 2 amide bonds. The van der Waals surface area contributed by atoms with Crippen LogP contribution < -0.4 is 4.74 Å². The van der Waals surface area contributed by atoms with Crippen molar-refractivity contribution in [3.63, 3.8) is 0 Å². The normalized spacial score (nSPS) is 20.2. The molecular weight excluding hydrogens is 358 g/mol. The minimum absolute atomic E-state index is 0.00165. The number of carbonyl (C=O) groups excluding carboxylic acids is 2. The molecule has 2 fully saturated rings. The molecule has 3 rings (SSSR count). The number of benzene rings is 1. The standard InChI is InChI=1S/C21H31N3O4/c1-17(25)24(9-4-8-22-11-13-28-14-12-22)19-7-10-23(16-19)21(26)18-5-3-6-20(15-18)27-2/h3,5-6,15,19H,4,7-14,16H2,1-2H3. The van der Waals surface area contributed by atoms with Gasteiger partial charge in [0.1, 0.15) is 5.75 Å². The van der Waals surface area contributed by atoms with Crippen LogP contribution in [0.25, 0.3) is 0 Å². The largest absolute Gasteiger partial charge is 0.497 e. The molecule has 2 saturated heterocycles. The molecule has 0 aliphatic carbocycles. The zero-order chi connectivity index (χ0) is 19.9. The highest BCUT2D eigenvalue weighted by Gasteiger charge is 2.32. The molecule has 7 nitrogen and oxygen atoms in total. The van der Waals surface area contributed by atoms with E-state index in [1.165, 1.54) is 0 Å². The maximum absolute atomic E-state index is 12.8. The molecule has 28 heavy (non-hydrogen) atoms. The molecule has 0 radical (unpaired) electrons. The van der Waals surface area contributed by atoms with Crippen LogP contribution in [0, 0.1) is 0 Å². The summed E-state index contributed by atoms with van der Waals surface area (Å²) in [4.78, 5) is 31.2. The van der Waals surface area contributed by atoms with Crippen molar-refractivity contribution >= 4 is 11.8 Å². The highest BCUT2D eigenvalue weighted by molar-refractivity contribution is 5.94. The van der Waals surface area contributed by atoms with Crippen molar-refractivity contribution in [1.29, 1.82) is 0 Å². The van der Waals surface area contributed by atoms with Crippen LogP contribution in [0.5, 0.6) is 5.75 Å². The quantitative estimate of drug-likeness (QED) is 0.707. The van der Waals surface area contributed by atoms with E-state index in [9.17, 15) is 9.59 Å². The number of carbonyl (C=O) groups is 2. The minimum atomic E-state index is -0.00165. The van der Waals surface area contributed by atoms with Gasteiger partial charge in [-0.15, -0.1) is 0 Å². The van der Waals surface area contributed by atoms with Gasteiger partial charge in [0.2, 0.25) is 5.91 Å². The Balaban J connectivity index is 1.53. The highest BCUT2D eigenvalue weighted by atomic mass is 16.5. The molecule has 2 aliphatic heterocycles. The summed E-state index contributed by atoms with van der Waals surface area (Å²) < 4.78 is 10.6. The van der Waals surface area contributed by atoms with E-state index in [4.69, 9.17) is 9.47 Å². The molecule has 1 aromatic carbocycles. The summed E-state index contributed by atoms with van der Waals surface area (Å²) in [6.07, 6.45) is 1.77. The van der Waals surface area contributed by atoms with Crippen LogP contribution in [0.3, 0.4) is 0 Å². The Morgan fingerprint density at radius 2 is 2.04 bits per heavy atom. The monoisotopic (exact) mass is 389 g/mol. The molecule has 7 heteroatoms. The molecule has 0 aromatic heterocycles. The third-order valence-corrected chi connectivity index (χ3v) is 5.59. The number of methoxy groups -OCH3 is 1. The van der Waals surface area contributed by atoms with Crippen LogP contribution in [-0.2, 0) is 9.53 Å². The van der Waals surface area contributed by atoms with Gasteiger partial charge in [0.05, 0.1) is 26.4 Å². The lowest BCUT2D eigenvalue weighted by atomic mass is 10.2. The van der Waals surface area contributed by atoms with Gasteiger partial charge in [0.15, 0.2) is 0 Å². The van der Waals surface area contributed by atoms with Crippen LogP contribution in [0.4, 0.5) is 0 Å². The first-order chi connectivity index (χ1) is 13.6. The summed E-state index contributed by atoms with van der Waals surface area (Å²) in [5.41, 5.74) is 0.627. The molecule has 2 aliphatic rings. The summed E-state index contributed by atoms with van der Waals surface area (Å²) in [5, 5.41) is 0. The Hall–Kier alpha value is -2.12. The number of hydrogen-bond acceptors (Lipinski definition) is 5. The Bertz CT molecular complexity index is 675. The third-order valence-electron chi connectivity index (χ3n) is 5.59. The molecule has 154 valence electrons. The second-order valence-corrected chi connectivity index (χ2v) is 7.45. The fourth-order valence-electron chi connectivity index (χ4n) is 4.01. The molecule has 0 saturated carbocycles. The molecule has 0 spiro atoms. The molecule has 2 heterocycles. The van der Waals surface area contributed by atoms with Gasteiger partial charge >= 0.3 is 0 Å². The first-order valence-corrected chi connectivity index (χ1v) is 10.1. The van der Waals surface area contributed by atoms with Crippen molar-refractivity contribution in [2.75, 3.05) is 59.6 Å². The van der Waals surface area contributed by atoms with Gasteiger partial charge in [-0.05, 0) is 31.0 Å². The van der Waals surface area contributed by atoms with Crippen molar-refractivity contribution in [2.45, 2.75) is 25.8 Å². The number of morpholine rings is 1. The van der Waals surface area contributed by atoms with Crippen LogP contribution in [-0.4, -0.2) is 92.1 Å². The summed E-state index contributed by atoms with van der Waals surface area (Å²) in [5.74, 6) is 0.760. The van der Waals surface area contributed by atoms with E-state index in [-0.39, 0.29) is 17.9 Å². The number of rotatable bonds is 7. The smallest absolute Gasteiger partial charge is 0.254 e. The van der Waals surface area contributed by atoms with E-state index in [0.717, 1.165) is 52.2 Å². The summed E-state index contributed by atoms with van der Waals surface area (Å²) in [6.45, 7) is 8.12. The predicted octanol–water partition coefficient (Wildman–Crippen LogP) is 1.48. The van der Waals surface area contributed by atoms with E-state index in [1.807, 2.05) is 28.0 Å². The lowest BCUT2D eigenvalue weighted by molar-refractivity contribution is -0.131. The van der Waals surface area contributed by atoms with Gasteiger partial charge in [-0.1, -0.05) is 6.07 Å². The molecule has 1 aromatic rings. The van der Waals surface area contributed by atoms with Gasteiger partial charge < -0.3 is 19.3 Å². The second kappa shape index (κ2) is 9.89. The number of hydrogen-bond donors (Lipinski definition) is 0. The Morgan fingerprint density at radius 1 is 1.25 bits per heavy atom. The number of likely N-dealkylation sites (tertiary alicyclic amines) is 1. The first-order valence-electron chi connectivity index (χ1n) is 10.1. The van der Waals surface area contributed by atoms with Crippen molar-refractivity contribution < 1.29 is 19.1 Å². The Kier molecular flexibility index (Phi) is 7.28. The third kappa shape index (κ3) is 5.23. The van der Waals surface area contributed by atoms with E-state index in [1.54, 1.807) is 20.1 Å². The van der Waals surface area contributed by atoms with Gasteiger partial charge in [-0.2, -0.15) is 0 Å². The summed E-state index contributed by atoms with van der Waals surface area (Å²) in [6, 6.07) is 7.32. The molecular formula is C21H31N3O4. The fraction of sp³-hybridized carbons (Fsp3) is 0.619. The zero-order valence-electron chi connectivity index (χ0n) is 16.9. The molecule has 0 N–H and O–H groups in total. The lowest BCUT2D eigenvalue weighted by Crippen LogP contribution is -2.43. The zero-order valence-corrected chi connectivity index (χ0v) is 16.9. The molecule has 1 atom stereocenters. The van der Waals surface area contributed by atoms with Crippen molar-refractivity contribution in [3.05, 3.63) is 29.8 Å². The van der Waals surface area contributed by atoms with Crippen LogP contribution >= 0.6 is 0 Å². The lowest BCUT2D eigenvalue weighted by Gasteiger charge is -2.30. The summed E-state index contributed by atoms with van der Waals surface area (Å²) >= 11 is 0. The SMILES string of the molecule is COc1cccc(C(=O)N2CCC(N(CCCN3CCOCC3)C(C)=O)C2)c1. The predicted molar refractivity (Wildman–Crippen MR) is 107 cm³/mol. The average Bonchev–Trinajstić information content (AvgIpc) is 3.21. The van der Waals surface area contributed by atoms with Gasteiger partial charge in [0, 0.05) is 51.8 Å². The van der Waals surface area contributed by atoms with E-state index >= 15 is 0 Å². The average molecular weight is 389 g/mol. The number of ether oxygens (including phenoxy) is 2. The van der Waals surface area contributed by atoms with Gasteiger partial charge in [-0.25, -0.2) is 0 Å². The minimum Gasteiger partial charge on any atom is -0.497 e.